The van der Waals surface area contributed by atoms with Crippen molar-refractivity contribution in [2.24, 2.45) is 0 Å². The molecule has 8 nitrogen and oxygen atoms in total. The molecule has 0 aromatic heterocycles. The summed E-state index contributed by atoms with van der Waals surface area (Å²) in [6, 6.07) is 16.6. The Kier molecular flexibility index (Phi) is 18.0. The van der Waals surface area contributed by atoms with Crippen LogP contribution in [0.5, 0.6) is 0 Å². The third-order valence-electron chi connectivity index (χ3n) is 6.74. The molecule has 0 saturated heterocycles. The maximum absolute atomic E-state index is 12.2. The summed E-state index contributed by atoms with van der Waals surface area (Å²) in [5, 5.41) is 2.81. The van der Waals surface area contributed by atoms with Gasteiger partial charge < -0.3 is 33.7 Å². The Morgan fingerprint density at radius 3 is 1.61 bits per heavy atom. The number of halogens is 1. The molecule has 1 N–H and O–H groups in total. The van der Waals surface area contributed by atoms with Crippen molar-refractivity contribution in [3.05, 3.63) is 59.7 Å². The quantitative estimate of drug-likeness (QED) is 0.0827. The molecule has 0 heterocycles. The van der Waals surface area contributed by atoms with Gasteiger partial charge in [0.15, 0.2) is 0 Å². The number of benzene rings is 2. The number of hydrogen-bond acceptors (Lipinski definition) is 7. The second kappa shape index (κ2) is 21.9. The minimum absolute atomic E-state index is 0.0645. The van der Waals surface area contributed by atoms with Crippen molar-refractivity contribution in [3.8, 4) is 11.1 Å². The largest absolute Gasteiger partial charge is 0.449 e. The van der Waals surface area contributed by atoms with Gasteiger partial charge in [-0.3, -0.25) is 0 Å². The summed E-state index contributed by atoms with van der Waals surface area (Å²) in [7, 11) is 0. The fourth-order valence-electron chi connectivity index (χ4n) is 4.65. The molecule has 0 radical (unpaired) electrons. The summed E-state index contributed by atoms with van der Waals surface area (Å²) < 4.78 is 34.4. The molecule has 41 heavy (non-hydrogen) atoms. The number of alkyl carbamates (subject to hydrolysis) is 1. The van der Waals surface area contributed by atoms with Gasteiger partial charge in [-0.05, 0) is 45.9 Å². The van der Waals surface area contributed by atoms with Crippen LogP contribution < -0.4 is 5.32 Å². The first kappa shape index (κ1) is 33.7. The van der Waals surface area contributed by atoms with Crippen molar-refractivity contribution in [1.82, 2.24) is 5.32 Å². The highest BCUT2D eigenvalue weighted by molar-refractivity contribution is 14.1. The minimum Gasteiger partial charge on any atom is -0.449 e. The van der Waals surface area contributed by atoms with Crippen LogP contribution in [0.4, 0.5) is 4.79 Å². The lowest BCUT2D eigenvalue weighted by molar-refractivity contribution is -0.0113. The van der Waals surface area contributed by atoms with Gasteiger partial charge in [0, 0.05) is 25.7 Å². The van der Waals surface area contributed by atoms with Crippen molar-refractivity contribution in [2.45, 2.75) is 38.0 Å². The predicted octanol–water partition coefficient (Wildman–Crippen LogP) is 5.99. The third-order valence-corrected chi connectivity index (χ3v) is 7.50. The smallest absolute Gasteiger partial charge is 0.407 e. The van der Waals surface area contributed by atoms with Gasteiger partial charge in [-0.25, -0.2) is 4.79 Å². The summed E-state index contributed by atoms with van der Waals surface area (Å²) in [5.74, 6) is 0.0645. The number of nitrogens with one attached hydrogen (secondary N) is 1. The molecule has 2 aromatic carbocycles. The van der Waals surface area contributed by atoms with Crippen molar-refractivity contribution in [2.75, 3.05) is 83.6 Å². The molecule has 0 unspecified atom stereocenters. The fraction of sp³-hybridized carbons (Fsp3) is 0.594. The van der Waals surface area contributed by atoms with E-state index in [-0.39, 0.29) is 5.92 Å². The zero-order valence-corrected chi connectivity index (χ0v) is 26.3. The molecule has 1 aliphatic rings. The number of fused-ring (bicyclic) bond motifs is 3. The number of carbonyl (C=O) groups excluding carboxylic acids is 1. The summed E-state index contributed by atoms with van der Waals surface area (Å²) >= 11 is 2.42. The summed E-state index contributed by atoms with van der Waals surface area (Å²) in [4.78, 5) is 12.2. The van der Waals surface area contributed by atoms with E-state index in [1.54, 1.807) is 0 Å². The van der Waals surface area contributed by atoms with Crippen LogP contribution in [0.3, 0.4) is 0 Å². The lowest BCUT2D eigenvalue weighted by Gasteiger charge is -2.14. The average molecular weight is 684 g/mol. The Labute approximate surface area is 258 Å². The molecule has 3 rings (SSSR count). The van der Waals surface area contributed by atoms with Gasteiger partial charge in [-0.1, -0.05) is 84.0 Å². The van der Waals surface area contributed by atoms with Gasteiger partial charge in [-0.15, -0.1) is 0 Å². The number of carbonyl (C=O) groups is 1. The lowest BCUT2D eigenvalue weighted by Crippen LogP contribution is -2.27. The van der Waals surface area contributed by atoms with E-state index in [1.807, 2.05) is 24.3 Å². The van der Waals surface area contributed by atoms with Crippen LogP contribution >= 0.6 is 22.6 Å². The zero-order valence-electron chi connectivity index (χ0n) is 24.2. The van der Waals surface area contributed by atoms with Gasteiger partial charge in [0.1, 0.15) is 6.61 Å². The Bertz CT molecular complexity index is 931. The molecule has 228 valence electrons. The normalized spacial score (nSPS) is 12.3. The van der Waals surface area contributed by atoms with Crippen LogP contribution in [0.2, 0.25) is 0 Å². The molecule has 0 saturated carbocycles. The molecule has 0 atom stereocenters. The van der Waals surface area contributed by atoms with E-state index in [4.69, 9.17) is 28.4 Å². The second-order valence-electron chi connectivity index (χ2n) is 9.77. The number of unbranched alkanes of at least 4 members (excludes halogenated alkanes) is 3. The molecule has 1 aliphatic carbocycles. The van der Waals surface area contributed by atoms with E-state index in [0.29, 0.717) is 79.0 Å². The standard InChI is InChI=1S/C32H46INO7/c33-14-7-1-2-8-16-36-18-20-38-22-24-40-25-23-39-21-19-37-17-9-15-34-32(35)41-26-31-29-12-5-3-10-27(29)28-11-4-6-13-30(28)31/h3-6,10-13,31H,1-2,7-9,14-26H2,(H,34,35). The molecular weight excluding hydrogens is 637 g/mol. The van der Waals surface area contributed by atoms with Gasteiger partial charge >= 0.3 is 6.09 Å². The Balaban J connectivity index is 1.06. The van der Waals surface area contributed by atoms with Gasteiger partial charge in [0.25, 0.3) is 0 Å². The molecule has 9 heteroatoms. The number of ether oxygens (including phenoxy) is 6. The van der Waals surface area contributed by atoms with Crippen molar-refractivity contribution in [1.29, 1.82) is 0 Å². The van der Waals surface area contributed by atoms with Crippen LogP contribution in [-0.2, 0) is 28.4 Å². The van der Waals surface area contributed by atoms with Crippen LogP contribution in [0.1, 0.15) is 49.1 Å². The minimum atomic E-state index is -0.401. The first-order valence-electron chi connectivity index (χ1n) is 14.8. The number of alkyl halides is 1. The van der Waals surface area contributed by atoms with E-state index in [0.717, 1.165) is 13.0 Å². The summed E-state index contributed by atoms with van der Waals surface area (Å²) in [6.45, 7) is 6.60. The molecule has 1 amide bonds. The number of hydrogen-bond donors (Lipinski definition) is 1. The number of rotatable bonds is 24. The highest BCUT2D eigenvalue weighted by Crippen LogP contribution is 2.44. The SMILES string of the molecule is O=C(NCCCOCCOCCOCCOCCOCCCCCCI)OCC1c2ccccc2-c2ccccc21. The number of amides is 1. The summed E-state index contributed by atoms with van der Waals surface area (Å²) in [6.07, 6.45) is 5.27. The van der Waals surface area contributed by atoms with Crippen LogP contribution in [0, 0.1) is 0 Å². The van der Waals surface area contributed by atoms with Gasteiger partial charge in [-0.2, -0.15) is 0 Å². The first-order chi connectivity index (χ1) is 20.3. The Morgan fingerprint density at radius 2 is 1.07 bits per heavy atom. The maximum atomic E-state index is 12.2. The molecular formula is C32H46INO7. The Morgan fingerprint density at radius 1 is 0.610 bits per heavy atom. The lowest BCUT2D eigenvalue weighted by atomic mass is 9.98. The average Bonchev–Trinajstić information content (AvgIpc) is 3.32. The maximum Gasteiger partial charge on any atom is 0.407 e. The monoisotopic (exact) mass is 683 g/mol. The first-order valence-corrected chi connectivity index (χ1v) is 16.4. The van der Waals surface area contributed by atoms with Crippen LogP contribution in [0.15, 0.2) is 48.5 Å². The third kappa shape index (κ3) is 13.4. The zero-order chi connectivity index (χ0) is 28.8. The van der Waals surface area contributed by atoms with Crippen LogP contribution in [-0.4, -0.2) is 89.7 Å². The van der Waals surface area contributed by atoms with E-state index >= 15 is 0 Å². The van der Waals surface area contributed by atoms with E-state index in [9.17, 15) is 4.79 Å². The Hall–Kier alpha value is -1.76. The summed E-state index contributed by atoms with van der Waals surface area (Å²) in [5.41, 5.74) is 4.85. The fourth-order valence-corrected chi connectivity index (χ4v) is 5.19. The molecule has 2 aromatic rings. The molecule has 0 spiro atoms. The highest BCUT2D eigenvalue weighted by Gasteiger charge is 2.28. The van der Waals surface area contributed by atoms with Gasteiger partial charge in [0.05, 0.1) is 52.9 Å². The topological polar surface area (TPSA) is 84.5 Å². The molecule has 0 fully saturated rings. The molecule has 0 bridgehead atoms. The van der Waals surface area contributed by atoms with E-state index in [2.05, 4.69) is 52.2 Å². The van der Waals surface area contributed by atoms with E-state index < -0.39 is 6.09 Å². The second-order valence-corrected chi connectivity index (χ2v) is 10.8. The van der Waals surface area contributed by atoms with Crippen molar-refractivity contribution < 1.29 is 33.2 Å². The predicted molar refractivity (Wildman–Crippen MR) is 169 cm³/mol. The van der Waals surface area contributed by atoms with Gasteiger partial charge in [0.2, 0.25) is 0 Å². The van der Waals surface area contributed by atoms with Crippen molar-refractivity contribution in [3.63, 3.8) is 0 Å². The van der Waals surface area contributed by atoms with E-state index in [1.165, 1.54) is 45.9 Å². The highest BCUT2D eigenvalue weighted by atomic mass is 127. The van der Waals surface area contributed by atoms with Crippen molar-refractivity contribution >= 4 is 28.7 Å². The molecule has 0 aliphatic heterocycles. The van der Waals surface area contributed by atoms with Crippen LogP contribution in [0.25, 0.3) is 11.1 Å².